The second-order valence-corrected chi connectivity index (χ2v) is 7.95. The minimum absolute atomic E-state index is 0. The number of anilines is 1. The first-order chi connectivity index (χ1) is 13.8. The van der Waals surface area contributed by atoms with Crippen LogP contribution in [0.4, 0.5) is 5.13 Å². The molecule has 0 aliphatic carbocycles. The lowest BCUT2D eigenvalue weighted by molar-refractivity contribution is 0.371. The van der Waals surface area contributed by atoms with Crippen LogP contribution in [-0.2, 0) is 25.9 Å². The zero-order chi connectivity index (χ0) is 19.3. The first-order valence-corrected chi connectivity index (χ1v) is 11.0. The molecule has 160 valence electrons. The molecule has 2 aromatic rings. The van der Waals surface area contributed by atoms with Gasteiger partial charge in [-0.2, -0.15) is 4.37 Å². The highest BCUT2D eigenvalue weighted by Gasteiger charge is 2.22. The molecule has 4 heterocycles. The van der Waals surface area contributed by atoms with Crippen LogP contribution in [-0.4, -0.2) is 68.2 Å². The highest BCUT2D eigenvalue weighted by Crippen LogP contribution is 2.19. The number of halogens is 1. The number of aliphatic imine (C=N–C) groups is 1. The van der Waals surface area contributed by atoms with E-state index in [4.69, 9.17) is 0 Å². The maximum Gasteiger partial charge on any atom is 0.205 e. The lowest BCUT2D eigenvalue weighted by atomic mass is 10.2. The summed E-state index contributed by atoms with van der Waals surface area (Å²) in [7, 11) is 1.84. The molecule has 1 saturated heterocycles. The number of hydrogen-bond donors (Lipinski definition) is 1. The maximum absolute atomic E-state index is 4.61. The van der Waals surface area contributed by atoms with Crippen molar-refractivity contribution in [2.75, 3.05) is 38.1 Å². The molecule has 29 heavy (non-hydrogen) atoms. The summed E-state index contributed by atoms with van der Waals surface area (Å²) >= 11 is 1.50. The molecule has 0 atom stereocenters. The van der Waals surface area contributed by atoms with Gasteiger partial charge < -0.3 is 19.7 Å². The van der Waals surface area contributed by atoms with Crippen molar-refractivity contribution in [1.82, 2.24) is 34.3 Å². The molecule has 0 bridgehead atoms. The van der Waals surface area contributed by atoms with E-state index in [1.807, 2.05) is 7.05 Å². The molecule has 0 unspecified atom stereocenters. The van der Waals surface area contributed by atoms with Gasteiger partial charge in [0.05, 0.1) is 6.54 Å². The van der Waals surface area contributed by atoms with Crippen molar-refractivity contribution in [1.29, 1.82) is 0 Å². The zero-order valence-electron chi connectivity index (χ0n) is 17.2. The minimum atomic E-state index is 0. The minimum Gasteiger partial charge on any atom is -0.349 e. The van der Waals surface area contributed by atoms with Gasteiger partial charge >= 0.3 is 0 Å². The van der Waals surface area contributed by atoms with E-state index in [1.165, 1.54) is 30.8 Å². The molecule has 1 N–H and O–H groups in total. The number of hydrogen-bond acceptors (Lipinski definition) is 7. The third-order valence-electron chi connectivity index (χ3n) is 5.43. The van der Waals surface area contributed by atoms with E-state index in [1.54, 1.807) is 0 Å². The van der Waals surface area contributed by atoms with Crippen molar-refractivity contribution in [3.63, 3.8) is 0 Å². The van der Waals surface area contributed by atoms with E-state index in [9.17, 15) is 0 Å². The predicted octanol–water partition coefficient (Wildman–Crippen LogP) is 1.93. The van der Waals surface area contributed by atoms with E-state index < -0.39 is 0 Å². The lowest BCUT2D eigenvalue weighted by Crippen LogP contribution is -2.52. The van der Waals surface area contributed by atoms with Crippen molar-refractivity contribution >= 4 is 46.6 Å². The molecule has 11 heteroatoms. The molecule has 0 aromatic carbocycles. The Morgan fingerprint density at radius 2 is 1.93 bits per heavy atom. The molecule has 4 rings (SSSR count). The van der Waals surface area contributed by atoms with Gasteiger partial charge in [-0.25, -0.2) is 4.98 Å². The van der Waals surface area contributed by atoms with Crippen LogP contribution in [0.3, 0.4) is 0 Å². The highest BCUT2D eigenvalue weighted by atomic mass is 127. The molecule has 2 aliphatic rings. The summed E-state index contributed by atoms with van der Waals surface area (Å²) in [4.78, 5) is 13.7. The Kier molecular flexibility index (Phi) is 8.04. The number of guanidine groups is 1. The molecule has 1 fully saturated rings. The quantitative estimate of drug-likeness (QED) is 0.367. The Morgan fingerprint density at radius 1 is 1.10 bits per heavy atom. The third-order valence-corrected chi connectivity index (χ3v) is 6.24. The van der Waals surface area contributed by atoms with E-state index in [2.05, 4.69) is 51.2 Å². The van der Waals surface area contributed by atoms with Crippen molar-refractivity contribution in [2.24, 2.45) is 4.99 Å². The average molecular weight is 531 g/mol. The van der Waals surface area contributed by atoms with Crippen LogP contribution in [0.25, 0.3) is 0 Å². The van der Waals surface area contributed by atoms with Gasteiger partial charge in [0.15, 0.2) is 11.8 Å². The van der Waals surface area contributed by atoms with E-state index in [-0.39, 0.29) is 24.0 Å². The summed E-state index contributed by atoms with van der Waals surface area (Å²) < 4.78 is 6.69. The Morgan fingerprint density at radius 3 is 2.66 bits per heavy atom. The Balaban J connectivity index is 0.00000240. The van der Waals surface area contributed by atoms with Gasteiger partial charge in [-0.1, -0.05) is 13.3 Å². The molecular formula is C18H30IN9S. The number of fused-ring (bicyclic) bond motifs is 1. The topological polar surface area (TPSA) is 87.4 Å². The van der Waals surface area contributed by atoms with Gasteiger partial charge in [-0.05, 0) is 12.8 Å². The van der Waals surface area contributed by atoms with E-state index in [0.717, 1.165) is 74.1 Å². The Hall–Kier alpha value is -1.50. The second-order valence-electron chi connectivity index (χ2n) is 7.22. The molecule has 0 saturated carbocycles. The van der Waals surface area contributed by atoms with Crippen molar-refractivity contribution < 1.29 is 0 Å². The fourth-order valence-electron chi connectivity index (χ4n) is 3.79. The first kappa shape index (κ1) is 22.2. The number of nitrogens with one attached hydrogen (secondary N) is 1. The summed E-state index contributed by atoms with van der Waals surface area (Å²) in [5.41, 5.74) is 0. The molecule has 2 aromatic heterocycles. The predicted molar refractivity (Wildman–Crippen MR) is 126 cm³/mol. The summed E-state index contributed by atoms with van der Waals surface area (Å²) in [6, 6.07) is 0. The monoisotopic (exact) mass is 531 g/mol. The van der Waals surface area contributed by atoms with Gasteiger partial charge in [0, 0.05) is 64.1 Å². The average Bonchev–Trinajstić information content (AvgIpc) is 3.30. The molecule has 2 aliphatic heterocycles. The maximum atomic E-state index is 4.61. The number of nitrogens with zero attached hydrogens (tertiary/aromatic N) is 8. The summed E-state index contributed by atoms with van der Waals surface area (Å²) in [6.07, 6.45) is 5.62. The fourth-order valence-corrected chi connectivity index (χ4v) is 4.59. The first-order valence-electron chi connectivity index (χ1n) is 10.2. The molecule has 0 amide bonds. The van der Waals surface area contributed by atoms with Gasteiger partial charge in [-0.3, -0.25) is 4.99 Å². The number of aryl methyl sites for hydroxylation is 2. The number of rotatable bonds is 4. The van der Waals surface area contributed by atoms with Crippen molar-refractivity contribution in [3.05, 3.63) is 17.5 Å². The fraction of sp³-hybridized carbons (Fsp3) is 0.722. The lowest BCUT2D eigenvalue weighted by Gasteiger charge is -2.36. The molecular weight excluding hydrogens is 501 g/mol. The van der Waals surface area contributed by atoms with Gasteiger partial charge in [0.25, 0.3) is 0 Å². The summed E-state index contributed by atoms with van der Waals surface area (Å²) in [5, 5.41) is 13.3. The molecule has 9 nitrogen and oxygen atoms in total. The third kappa shape index (κ3) is 5.16. The molecule has 0 spiro atoms. The van der Waals surface area contributed by atoms with Gasteiger partial charge in [0.1, 0.15) is 11.6 Å². The standard InChI is InChI=1S/C18H29N9S.HI/c1-3-14-21-18(28-24-14)26-11-9-25(10-12-26)17(19-2)20-13-16-23-22-15-7-5-4-6-8-27(15)16;/h3-13H2,1-2H3,(H,19,20);1H. The van der Waals surface area contributed by atoms with Crippen LogP contribution < -0.4 is 10.2 Å². The zero-order valence-corrected chi connectivity index (χ0v) is 20.3. The van der Waals surface area contributed by atoms with Crippen LogP contribution in [0.5, 0.6) is 0 Å². The SMILES string of the molecule is CCc1nsc(N2CCN(C(=NC)NCc3nnc4n3CCCCC4)CC2)n1.I. The number of piperazine rings is 1. The van der Waals surface area contributed by atoms with Crippen LogP contribution in [0.2, 0.25) is 0 Å². The summed E-state index contributed by atoms with van der Waals surface area (Å²) in [5.74, 6) is 4.00. The van der Waals surface area contributed by atoms with Gasteiger partial charge in [-0.15, -0.1) is 34.2 Å². The highest BCUT2D eigenvalue weighted by molar-refractivity contribution is 14.0. The molecule has 0 radical (unpaired) electrons. The van der Waals surface area contributed by atoms with E-state index in [0.29, 0.717) is 6.54 Å². The van der Waals surface area contributed by atoms with Crippen LogP contribution in [0, 0.1) is 0 Å². The van der Waals surface area contributed by atoms with Crippen molar-refractivity contribution in [2.45, 2.75) is 52.1 Å². The smallest absolute Gasteiger partial charge is 0.205 e. The van der Waals surface area contributed by atoms with Gasteiger partial charge in [0.2, 0.25) is 5.13 Å². The normalized spacial score (nSPS) is 17.5. The largest absolute Gasteiger partial charge is 0.349 e. The van der Waals surface area contributed by atoms with Crippen LogP contribution in [0.1, 0.15) is 43.7 Å². The second kappa shape index (κ2) is 10.5. The summed E-state index contributed by atoms with van der Waals surface area (Å²) in [6.45, 7) is 7.47. The Labute approximate surface area is 193 Å². The Bertz CT molecular complexity index is 810. The van der Waals surface area contributed by atoms with Crippen molar-refractivity contribution in [3.8, 4) is 0 Å². The van der Waals surface area contributed by atoms with E-state index >= 15 is 0 Å². The number of aromatic nitrogens is 5. The van der Waals surface area contributed by atoms with Crippen LogP contribution >= 0.6 is 35.5 Å². The van der Waals surface area contributed by atoms with Crippen LogP contribution in [0.15, 0.2) is 4.99 Å².